The second-order valence-electron chi connectivity index (χ2n) is 9.74. The van der Waals surface area contributed by atoms with Gasteiger partial charge in [0.1, 0.15) is 36.3 Å². The number of aliphatic hydroxyl groups excluding tert-OH is 1. The van der Waals surface area contributed by atoms with Crippen LogP contribution in [0.5, 0.6) is 5.75 Å². The van der Waals surface area contributed by atoms with Gasteiger partial charge in [-0.05, 0) is 24.6 Å². The van der Waals surface area contributed by atoms with Gasteiger partial charge < -0.3 is 38.8 Å². The summed E-state index contributed by atoms with van der Waals surface area (Å²) in [7, 11) is -5.47. The molecule has 7 unspecified atom stereocenters. The molecule has 1 aliphatic rings. The fraction of sp³-hybridized carbons (Fsp3) is 0.333. The number of aromatic nitrogens is 4. The first-order chi connectivity index (χ1) is 22.3. The van der Waals surface area contributed by atoms with E-state index in [0.717, 1.165) is 5.56 Å². The number of aliphatic hydroxyl groups is 1. The average molecular weight is 695 g/mol. The number of esters is 1. The molecule has 0 saturated carbocycles. The second-order valence-corrected chi connectivity index (χ2v) is 13.6. The summed E-state index contributed by atoms with van der Waals surface area (Å²) < 4.78 is 41.0. The Kier molecular flexibility index (Phi) is 12.5. The Balaban J connectivity index is 1.13. The van der Waals surface area contributed by atoms with Crippen LogP contribution in [-0.4, -0.2) is 67.5 Å². The Morgan fingerprint density at radius 3 is 2.61 bits per heavy atom. The number of nitrogens with two attached hydrogens (primary N) is 1. The number of carbonyl (C=O) groups is 1. The summed E-state index contributed by atoms with van der Waals surface area (Å²) in [4.78, 5) is 35.7. The van der Waals surface area contributed by atoms with Crippen LogP contribution in [0.2, 0.25) is 0 Å². The number of rotatable bonds is 16. The van der Waals surface area contributed by atoms with E-state index < -0.39 is 56.2 Å². The molecule has 5 N–H and O–H groups in total. The molecule has 7 atom stereocenters. The minimum Gasteiger partial charge on any atom is -0.460 e. The number of imidazole rings is 1. The van der Waals surface area contributed by atoms with Gasteiger partial charge >= 0.3 is 31.7 Å². The maximum Gasteiger partial charge on any atom is 0.344 e. The van der Waals surface area contributed by atoms with Crippen molar-refractivity contribution in [3.63, 3.8) is 0 Å². The fourth-order valence-electron chi connectivity index (χ4n) is 4.24. The third kappa shape index (κ3) is 9.31. The standard InChI is InChI=1S/C27H33N6O10P3/c1-18(27(35)38-14-19-9-5-3-6-10-19)32-44(41-20-11-7-4-8-12-20)42-45(36)43-46(37-2)39-15-21-13-22(34)26(40-21)33-17-31-23-24(28)29-16-30-25(23)33/h3-12,16-18,21-22,26,32,34,36H,13-15H2,1-2H3,(H2,28,29,30). The molecule has 2 aromatic heterocycles. The monoisotopic (exact) mass is 694 g/mol. The number of benzene rings is 2. The van der Waals surface area contributed by atoms with Gasteiger partial charge in [0.15, 0.2) is 17.7 Å². The van der Waals surface area contributed by atoms with Gasteiger partial charge in [-0.25, -0.2) is 28.7 Å². The lowest BCUT2D eigenvalue weighted by molar-refractivity contribution is -0.146. The predicted molar refractivity (Wildman–Crippen MR) is 168 cm³/mol. The minimum absolute atomic E-state index is 0.0299. The van der Waals surface area contributed by atoms with Crippen molar-refractivity contribution >= 4 is 48.7 Å². The Labute approximate surface area is 268 Å². The highest BCUT2D eigenvalue weighted by atomic mass is 31.3. The van der Waals surface area contributed by atoms with Crippen LogP contribution in [0.1, 0.15) is 25.1 Å². The lowest BCUT2D eigenvalue weighted by atomic mass is 10.2. The molecule has 2 aromatic carbocycles. The summed E-state index contributed by atoms with van der Waals surface area (Å²) in [5.41, 5.74) is 7.53. The molecule has 1 fully saturated rings. The summed E-state index contributed by atoms with van der Waals surface area (Å²) in [6.45, 7) is 1.65. The van der Waals surface area contributed by atoms with E-state index in [4.69, 9.17) is 37.4 Å². The number of nitrogens with one attached hydrogen (secondary N) is 1. The summed E-state index contributed by atoms with van der Waals surface area (Å²) in [6, 6.07) is 17.2. The number of nitrogen functional groups attached to an aromatic ring is 1. The molecule has 0 amide bonds. The van der Waals surface area contributed by atoms with E-state index in [1.54, 1.807) is 35.8 Å². The molecule has 4 aromatic rings. The van der Waals surface area contributed by atoms with E-state index in [2.05, 4.69) is 20.0 Å². The van der Waals surface area contributed by atoms with E-state index in [9.17, 15) is 14.8 Å². The summed E-state index contributed by atoms with van der Waals surface area (Å²) in [5.74, 6) is 0.108. The topological polar surface area (TPSA) is 204 Å². The number of nitrogens with zero attached hydrogens (tertiary/aromatic N) is 4. The molecule has 19 heteroatoms. The third-order valence-electron chi connectivity index (χ3n) is 6.43. The number of ether oxygens (including phenoxy) is 2. The van der Waals surface area contributed by atoms with E-state index >= 15 is 0 Å². The zero-order valence-corrected chi connectivity index (χ0v) is 27.4. The molecule has 0 aliphatic carbocycles. The number of hydrogen-bond acceptors (Lipinski definition) is 15. The highest BCUT2D eigenvalue weighted by Crippen LogP contribution is 2.58. The van der Waals surface area contributed by atoms with Gasteiger partial charge in [-0.2, -0.15) is 0 Å². The maximum atomic E-state index is 12.7. The SMILES string of the molecule is COP(OCC1CC(O)C(n2cnc3c(N)ncnc32)O1)OP(O)OP(NC(C)C(=O)OCc1ccccc1)Oc1ccccc1. The Bertz CT molecular complexity index is 1540. The quantitative estimate of drug-likeness (QED) is 0.0957. The van der Waals surface area contributed by atoms with E-state index in [-0.39, 0.29) is 25.5 Å². The predicted octanol–water partition coefficient (Wildman–Crippen LogP) is 4.23. The van der Waals surface area contributed by atoms with Crippen LogP contribution in [0.15, 0.2) is 73.3 Å². The van der Waals surface area contributed by atoms with E-state index in [1.807, 2.05) is 36.4 Å². The van der Waals surface area contributed by atoms with Crippen molar-refractivity contribution in [3.05, 3.63) is 78.9 Å². The van der Waals surface area contributed by atoms with Crippen LogP contribution < -0.4 is 15.3 Å². The largest absolute Gasteiger partial charge is 0.460 e. The van der Waals surface area contributed by atoms with Crippen molar-refractivity contribution < 1.29 is 46.5 Å². The van der Waals surface area contributed by atoms with Crippen molar-refractivity contribution in [1.29, 1.82) is 0 Å². The first-order valence-corrected chi connectivity index (χ1v) is 17.3. The van der Waals surface area contributed by atoms with Crippen molar-refractivity contribution in [2.75, 3.05) is 19.5 Å². The van der Waals surface area contributed by atoms with Gasteiger partial charge in [0.25, 0.3) is 0 Å². The molecule has 16 nitrogen and oxygen atoms in total. The Morgan fingerprint density at radius 1 is 1.13 bits per heavy atom. The molecule has 1 aliphatic heterocycles. The van der Waals surface area contributed by atoms with Crippen LogP contribution in [0.4, 0.5) is 5.82 Å². The Morgan fingerprint density at radius 2 is 1.87 bits per heavy atom. The lowest BCUT2D eigenvalue weighted by Crippen LogP contribution is -2.33. The third-order valence-corrected chi connectivity index (χ3v) is 10.3. The van der Waals surface area contributed by atoms with Crippen molar-refractivity contribution in [2.24, 2.45) is 0 Å². The molecule has 246 valence electrons. The Hall–Kier alpha value is -2.97. The molecule has 46 heavy (non-hydrogen) atoms. The summed E-state index contributed by atoms with van der Waals surface area (Å²) in [6.07, 6.45) is 0.797. The summed E-state index contributed by atoms with van der Waals surface area (Å²) in [5, 5.41) is 13.6. The molecule has 0 bridgehead atoms. The number of fused-ring (bicyclic) bond motifs is 1. The van der Waals surface area contributed by atoms with Crippen LogP contribution in [0, 0.1) is 0 Å². The lowest BCUT2D eigenvalue weighted by Gasteiger charge is -2.24. The average Bonchev–Trinajstić information content (AvgIpc) is 3.66. The number of anilines is 1. The number of hydrogen-bond donors (Lipinski definition) is 4. The zero-order chi connectivity index (χ0) is 32.5. The van der Waals surface area contributed by atoms with Crippen LogP contribution in [0.3, 0.4) is 0 Å². The zero-order valence-electron chi connectivity index (χ0n) is 24.7. The van der Waals surface area contributed by atoms with Crippen molar-refractivity contribution in [3.8, 4) is 5.75 Å². The molecule has 0 radical (unpaired) electrons. The van der Waals surface area contributed by atoms with Crippen LogP contribution >= 0.6 is 25.7 Å². The first kappa shape index (κ1) is 34.4. The van der Waals surface area contributed by atoms with Gasteiger partial charge in [-0.15, -0.1) is 0 Å². The first-order valence-electron chi connectivity index (χ1n) is 13.9. The van der Waals surface area contributed by atoms with Gasteiger partial charge in [0.05, 0.1) is 19.0 Å². The van der Waals surface area contributed by atoms with E-state index in [0.29, 0.717) is 16.9 Å². The van der Waals surface area contributed by atoms with Gasteiger partial charge in [-0.1, -0.05) is 48.5 Å². The number of carbonyl (C=O) groups excluding carboxylic acids is 1. The molecule has 5 rings (SSSR count). The molecule has 0 spiro atoms. The molecular formula is C27H33N6O10P3. The van der Waals surface area contributed by atoms with Gasteiger partial charge in [-0.3, -0.25) is 9.36 Å². The normalized spacial score (nSPS) is 20.7. The second kappa shape index (κ2) is 16.7. The minimum atomic E-state index is -2.61. The van der Waals surface area contributed by atoms with Crippen LogP contribution in [0.25, 0.3) is 11.2 Å². The maximum absolute atomic E-state index is 12.7. The summed E-state index contributed by atoms with van der Waals surface area (Å²) >= 11 is 0. The van der Waals surface area contributed by atoms with Gasteiger partial charge in [0, 0.05) is 13.5 Å². The molecule has 1 saturated heterocycles. The van der Waals surface area contributed by atoms with Crippen LogP contribution in [-0.2, 0) is 38.5 Å². The van der Waals surface area contributed by atoms with Crippen molar-refractivity contribution in [2.45, 2.75) is 44.4 Å². The van der Waals surface area contributed by atoms with Gasteiger partial charge in [0.2, 0.25) is 0 Å². The molecule has 3 heterocycles. The van der Waals surface area contributed by atoms with E-state index in [1.165, 1.54) is 19.8 Å². The highest BCUT2D eigenvalue weighted by Gasteiger charge is 2.37. The molecular weight excluding hydrogens is 661 g/mol. The fourth-order valence-corrected chi connectivity index (χ4v) is 7.55. The smallest absolute Gasteiger partial charge is 0.344 e. The van der Waals surface area contributed by atoms with Crippen molar-refractivity contribution in [1.82, 2.24) is 24.6 Å². The number of para-hydroxylation sites is 1. The highest BCUT2D eigenvalue weighted by molar-refractivity contribution is 7.61.